The molecule has 2 N–H and O–H groups in total. The van der Waals surface area contributed by atoms with Gasteiger partial charge in [-0.05, 0) is 31.9 Å². The summed E-state index contributed by atoms with van der Waals surface area (Å²) >= 11 is 0. The Morgan fingerprint density at radius 1 is 1.17 bits per heavy atom. The Bertz CT molecular complexity index is 1230. The third kappa shape index (κ3) is 4.70. The van der Waals surface area contributed by atoms with Crippen LogP contribution in [0, 0.1) is 0 Å². The topological polar surface area (TPSA) is 109 Å². The lowest BCUT2D eigenvalue weighted by molar-refractivity contribution is -0.133. The van der Waals surface area contributed by atoms with Crippen molar-refractivity contribution < 1.29 is 23.4 Å². The molecule has 0 bridgehead atoms. The number of alkyl halides is 2. The van der Waals surface area contributed by atoms with Gasteiger partial charge in [0.2, 0.25) is 11.9 Å². The quantitative estimate of drug-likeness (QED) is 0.508. The number of nitrogens with one attached hydrogen (secondary N) is 1. The highest BCUT2D eigenvalue weighted by molar-refractivity contribution is 5.84. The number of imidazole rings is 1. The van der Waals surface area contributed by atoms with Crippen molar-refractivity contribution in [2.45, 2.75) is 38.3 Å². The van der Waals surface area contributed by atoms with E-state index in [0.717, 1.165) is 12.8 Å². The van der Waals surface area contributed by atoms with Crippen molar-refractivity contribution in [1.82, 2.24) is 24.4 Å². The number of fused-ring (bicyclic) bond motifs is 1. The zero-order valence-electron chi connectivity index (χ0n) is 20.0. The molecule has 2 fully saturated rings. The van der Waals surface area contributed by atoms with E-state index < -0.39 is 18.3 Å². The van der Waals surface area contributed by atoms with Gasteiger partial charge in [-0.1, -0.05) is 12.1 Å². The van der Waals surface area contributed by atoms with Crippen molar-refractivity contribution in [1.29, 1.82) is 0 Å². The number of aliphatic hydroxyl groups is 1. The van der Waals surface area contributed by atoms with Gasteiger partial charge in [-0.3, -0.25) is 9.36 Å². The second-order valence-corrected chi connectivity index (χ2v) is 8.98. The van der Waals surface area contributed by atoms with Crippen molar-refractivity contribution >= 4 is 28.7 Å². The molecule has 3 aromatic rings. The van der Waals surface area contributed by atoms with Gasteiger partial charge in [-0.2, -0.15) is 9.97 Å². The molecule has 0 unspecified atom stereocenters. The smallest absolute Gasteiger partial charge is 0.296 e. The van der Waals surface area contributed by atoms with Crippen LogP contribution in [0.4, 0.5) is 20.5 Å². The fourth-order valence-corrected chi connectivity index (χ4v) is 4.81. The average Bonchev–Trinajstić information content (AvgIpc) is 3.53. The average molecular weight is 502 g/mol. The van der Waals surface area contributed by atoms with Crippen LogP contribution in [0.2, 0.25) is 0 Å². The maximum Gasteiger partial charge on any atom is 0.296 e. The van der Waals surface area contributed by atoms with Gasteiger partial charge in [-0.15, -0.1) is 0 Å². The predicted octanol–water partition coefficient (Wildman–Crippen LogP) is 2.37. The van der Waals surface area contributed by atoms with E-state index in [1.807, 2.05) is 4.90 Å². The summed E-state index contributed by atoms with van der Waals surface area (Å²) in [5.74, 6) is 0.327. The van der Waals surface area contributed by atoms with E-state index in [9.17, 15) is 18.7 Å². The molecule has 0 spiro atoms. The molecule has 2 saturated heterocycles. The number of hydrogen-bond acceptors (Lipinski definition) is 8. The number of rotatable bonds is 7. The lowest BCUT2D eigenvalue weighted by atomic mass is 10.2. The van der Waals surface area contributed by atoms with Crippen LogP contribution in [-0.2, 0) is 9.53 Å². The number of nitrogens with zero attached hydrogens (tertiary/aromatic N) is 6. The first-order valence-corrected chi connectivity index (χ1v) is 12.1. The summed E-state index contributed by atoms with van der Waals surface area (Å²) in [5, 5.41) is 12.7. The SMILES string of the molecule is C[C@H](Nc1nc(N2CCOCC2)cc(-n2c(C(F)F)nc3ccccc32)n1)C(=O)N1CCC[C@H]1CO. The molecule has 0 saturated carbocycles. The van der Waals surface area contributed by atoms with E-state index in [4.69, 9.17) is 4.74 Å². The number of likely N-dealkylation sites (tertiary alicyclic amines) is 1. The Morgan fingerprint density at radius 2 is 1.92 bits per heavy atom. The van der Waals surface area contributed by atoms with E-state index in [1.165, 1.54) is 4.57 Å². The Balaban J connectivity index is 1.54. The van der Waals surface area contributed by atoms with Crippen LogP contribution in [0.1, 0.15) is 32.0 Å². The van der Waals surface area contributed by atoms with E-state index in [2.05, 4.69) is 20.3 Å². The van der Waals surface area contributed by atoms with Crippen LogP contribution in [0.3, 0.4) is 0 Å². The lowest BCUT2D eigenvalue weighted by Gasteiger charge is -2.29. The Morgan fingerprint density at radius 3 is 2.67 bits per heavy atom. The molecule has 36 heavy (non-hydrogen) atoms. The molecule has 2 atom stereocenters. The first kappa shape index (κ1) is 24.3. The molecule has 1 amide bonds. The molecular formula is C24H29F2N7O3. The molecule has 2 aliphatic heterocycles. The minimum Gasteiger partial charge on any atom is -0.394 e. The number of carbonyl (C=O) groups is 1. The molecule has 12 heteroatoms. The number of carbonyl (C=O) groups excluding carboxylic acids is 1. The fraction of sp³-hybridized carbons (Fsp3) is 0.500. The normalized spacial score (nSPS) is 19.3. The van der Waals surface area contributed by atoms with Gasteiger partial charge in [0.1, 0.15) is 17.7 Å². The largest absolute Gasteiger partial charge is 0.394 e. The molecule has 0 aliphatic carbocycles. The highest BCUT2D eigenvalue weighted by Gasteiger charge is 2.31. The molecule has 0 radical (unpaired) electrons. The van der Waals surface area contributed by atoms with Crippen molar-refractivity contribution in [2.75, 3.05) is 49.7 Å². The number of para-hydroxylation sites is 2. The third-order valence-corrected chi connectivity index (χ3v) is 6.63. The summed E-state index contributed by atoms with van der Waals surface area (Å²) in [6.45, 7) is 4.41. The molecule has 2 aromatic heterocycles. The van der Waals surface area contributed by atoms with Gasteiger partial charge >= 0.3 is 0 Å². The zero-order valence-corrected chi connectivity index (χ0v) is 20.0. The predicted molar refractivity (Wildman–Crippen MR) is 130 cm³/mol. The first-order valence-electron chi connectivity index (χ1n) is 12.1. The van der Waals surface area contributed by atoms with Gasteiger partial charge in [-0.25, -0.2) is 13.8 Å². The molecule has 5 rings (SSSR count). The number of hydrogen-bond donors (Lipinski definition) is 2. The zero-order chi connectivity index (χ0) is 25.2. The van der Waals surface area contributed by atoms with Gasteiger partial charge < -0.3 is 25.0 Å². The van der Waals surface area contributed by atoms with Crippen LogP contribution in [0.5, 0.6) is 0 Å². The summed E-state index contributed by atoms with van der Waals surface area (Å²) in [4.78, 5) is 30.0. The molecule has 192 valence electrons. The summed E-state index contributed by atoms with van der Waals surface area (Å²) in [7, 11) is 0. The second kappa shape index (κ2) is 10.3. The van der Waals surface area contributed by atoms with Crippen LogP contribution in [0.25, 0.3) is 16.9 Å². The Hall–Kier alpha value is -3.38. The highest BCUT2D eigenvalue weighted by atomic mass is 19.3. The van der Waals surface area contributed by atoms with Crippen molar-refractivity contribution in [3.63, 3.8) is 0 Å². The number of anilines is 2. The molecule has 1 aromatic carbocycles. The monoisotopic (exact) mass is 501 g/mol. The van der Waals surface area contributed by atoms with Gasteiger partial charge in [0.15, 0.2) is 5.82 Å². The fourth-order valence-electron chi connectivity index (χ4n) is 4.81. The number of ether oxygens (including phenoxy) is 1. The van der Waals surface area contributed by atoms with E-state index in [-0.39, 0.29) is 30.3 Å². The number of amides is 1. The van der Waals surface area contributed by atoms with Crippen molar-refractivity contribution in [2.24, 2.45) is 0 Å². The Kier molecular flexibility index (Phi) is 6.97. The Labute approximate surface area is 206 Å². The second-order valence-electron chi connectivity index (χ2n) is 8.98. The van der Waals surface area contributed by atoms with E-state index in [0.29, 0.717) is 49.7 Å². The van der Waals surface area contributed by atoms with Crippen molar-refractivity contribution in [3.05, 3.63) is 36.2 Å². The van der Waals surface area contributed by atoms with Crippen LogP contribution >= 0.6 is 0 Å². The van der Waals surface area contributed by atoms with Crippen molar-refractivity contribution in [3.8, 4) is 5.82 Å². The number of aromatic nitrogens is 4. The third-order valence-electron chi connectivity index (χ3n) is 6.63. The maximum absolute atomic E-state index is 14.0. The number of aliphatic hydroxyl groups excluding tert-OH is 1. The van der Waals surface area contributed by atoms with Crippen LogP contribution in [-0.4, -0.2) is 87.0 Å². The van der Waals surface area contributed by atoms with Crippen LogP contribution < -0.4 is 10.2 Å². The van der Waals surface area contributed by atoms with Gasteiger partial charge in [0.05, 0.1) is 36.9 Å². The number of halogens is 2. The highest BCUT2D eigenvalue weighted by Crippen LogP contribution is 2.29. The van der Waals surface area contributed by atoms with E-state index in [1.54, 1.807) is 42.2 Å². The lowest BCUT2D eigenvalue weighted by Crippen LogP contribution is -2.45. The minimum atomic E-state index is -2.82. The summed E-state index contributed by atoms with van der Waals surface area (Å²) in [6.07, 6.45) is -1.23. The minimum absolute atomic E-state index is 0.0876. The number of benzene rings is 1. The molecule has 10 nitrogen and oxygen atoms in total. The molecule has 4 heterocycles. The number of morpholine rings is 1. The van der Waals surface area contributed by atoms with Crippen LogP contribution in [0.15, 0.2) is 30.3 Å². The maximum atomic E-state index is 14.0. The molecule has 2 aliphatic rings. The van der Waals surface area contributed by atoms with Gasteiger partial charge in [0, 0.05) is 25.7 Å². The summed E-state index contributed by atoms with van der Waals surface area (Å²) < 4.78 is 34.8. The molecular weight excluding hydrogens is 472 g/mol. The van der Waals surface area contributed by atoms with Gasteiger partial charge in [0.25, 0.3) is 6.43 Å². The standard InChI is InChI=1S/C24H29F2N7O3/c1-15(23(35)32-8-4-5-16(32)14-34)27-24-29-19(31-9-11-36-12-10-31)13-20(30-24)33-18-7-3-2-6-17(18)28-22(33)21(25)26/h2-3,6-7,13,15-16,21,34H,4-5,8-12,14H2,1H3,(H,27,29,30)/t15-,16-/m0/s1. The summed E-state index contributed by atoms with van der Waals surface area (Å²) in [5.41, 5.74) is 0.929. The van der Waals surface area contributed by atoms with E-state index >= 15 is 0 Å². The summed E-state index contributed by atoms with van der Waals surface area (Å²) in [6, 6.07) is 7.66. The first-order chi connectivity index (χ1) is 17.5.